The molecule has 3 rings (SSSR count). The molecule has 110 valence electrons. The molecular formula is C17H11ClNNaO3. The van der Waals surface area contributed by atoms with E-state index in [0.29, 0.717) is 10.7 Å². The summed E-state index contributed by atoms with van der Waals surface area (Å²) < 4.78 is 1.58. The Morgan fingerprint density at radius 2 is 1.74 bits per heavy atom. The first-order valence-electron chi connectivity index (χ1n) is 6.60. The Balaban J connectivity index is 0.00000192. The first kappa shape index (κ1) is 17.8. The number of ketones is 1. The molecule has 0 saturated carbocycles. The summed E-state index contributed by atoms with van der Waals surface area (Å²) in [6, 6.07) is 12.1. The van der Waals surface area contributed by atoms with Crippen molar-refractivity contribution in [2.24, 2.45) is 0 Å². The molecule has 0 bridgehead atoms. The maximum Gasteiger partial charge on any atom is 1.00 e. The quantitative estimate of drug-likeness (QED) is 0.493. The molecule has 0 amide bonds. The second kappa shape index (κ2) is 6.89. The Morgan fingerprint density at radius 3 is 2.30 bits per heavy atom. The molecule has 6 heteroatoms. The zero-order chi connectivity index (χ0) is 15.9. The average molecular weight is 336 g/mol. The van der Waals surface area contributed by atoms with Crippen LogP contribution in [0.5, 0.6) is 0 Å². The van der Waals surface area contributed by atoms with Gasteiger partial charge in [-0.3, -0.25) is 4.79 Å². The Bertz CT molecular complexity index is 900. The number of nitrogens with zero attached hydrogens (tertiary/aromatic N) is 1. The Morgan fingerprint density at radius 1 is 1.09 bits per heavy atom. The number of carboxylic acids is 1. The summed E-state index contributed by atoms with van der Waals surface area (Å²) in [5, 5.41) is 11.6. The zero-order valence-corrected chi connectivity index (χ0v) is 15.4. The number of hydrogen-bond acceptors (Lipinski definition) is 3. The molecule has 0 fully saturated rings. The molecule has 0 aliphatic heterocycles. The summed E-state index contributed by atoms with van der Waals surface area (Å²) in [7, 11) is 0. The molecule has 0 N–H and O–H groups in total. The van der Waals surface area contributed by atoms with Gasteiger partial charge in [-0.05, 0) is 35.9 Å². The van der Waals surface area contributed by atoms with E-state index in [-0.39, 0.29) is 40.9 Å². The first-order valence-corrected chi connectivity index (χ1v) is 6.98. The molecule has 2 aromatic heterocycles. The standard InChI is InChI=1S/C17H12ClNO3.Na/c1-10(20)16-15(11-2-5-13(18)6-3-11)8-14-7-4-12(17(21)22)9-19(14)16;/h2-9H,1H3,(H,21,22);/q;+1/p-1. The van der Waals surface area contributed by atoms with Crippen molar-refractivity contribution >= 4 is 28.9 Å². The number of benzene rings is 1. The van der Waals surface area contributed by atoms with Crippen molar-refractivity contribution in [1.82, 2.24) is 4.40 Å². The fourth-order valence-electron chi connectivity index (χ4n) is 2.50. The van der Waals surface area contributed by atoms with Gasteiger partial charge in [0.2, 0.25) is 0 Å². The van der Waals surface area contributed by atoms with Crippen LogP contribution in [0.15, 0.2) is 48.7 Å². The normalized spacial score (nSPS) is 10.3. The maximum absolute atomic E-state index is 12.1. The van der Waals surface area contributed by atoms with Gasteiger partial charge >= 0.3 is 29.6 Å². The zero-order valence-electron chi connectivity index (χ0n) is 12.7. The van der Waals surface area contributed by atoms with E-state index >= 15 is 0 Å². The van der Waals surface area contributed by atoms with Crippen molar-refractivity contribution in [1.29, 1.82) is 0 Å². The molecule has 0 spiro atoms. The van der Waals surface area contributed by atoms with Gasteiger partial charge in [0, 0.05) is 34.8 Å². The smallest absolute Gasteiger partial charge is 0.545 e. The third-order valence-electron chi connectivity index (χ3n) is 3.49. The molecule has 0 aliphatic rings. The number of carboxylic acid groups (broad SMARTS) is 1. The van der Waals surface area contributed by atoms with E-state index in [9.17, 15) is 14.7 Å². The van der Waals surface area contributed by atoms with E-state index in [0.717, 1.165) is 16.6 Å². The Labute approximate surface area is 160 Å². The third kappa shape index (κ3) is 3.35. The van der Waals surface area contributed by atoms with Crippen LogP contribution in [-0.4, -0.2) is 16.2 Å². The van der Waals surface area contributed by atoms with Crippen LogP contribution < -0.4 is 34.7 Å². The number of hydrogen-bond donors (Lipinski definition) is 0. The van der Waals surface area contributed by atoms with Gasteiger partial charge in [-0.1, -0.05) is 23.7 Å². The predicted octanol–water partition coefficient (Wildman–Crippen LogP) is -0.170. The number of halogens is 1. The van der Waals surface area contributed by atoms with Crippen LogP contribution in [0.4, 0.5) is 0 Å². The molecule has 0 saturated heterocycles. The van der Waals surface area contributed by atoms with Gasteiger partial charge in [-0.2, -0.15) is 0 Å². The van der Waals surface area contributed by atoms with Gasteiger partial charge in [0.15, 0.2) is 5.78 Å². The molecule has 1 aromatic carbocycles. The molecule has 23 heavy (non-hydrogen) atoms. The molecular weight excluding hydrogens is 325 g/mol. The predicted molar refractivity (Wildman–Crippen MR) is 82.2 cm³/mol. The fourth-order valence-corrected chi connectivity index (χ4v) is 2.62. The second-order valence-electron chi connectivity index (χ2n) is 4.97. The van der Waals surface area contributed by atoms with Crippen molar-refractivity contribution in [3.05, 3.63) is 64.9 Å². The molecule has 2 heterocycles. The summed E-state index contributed by atoms with van der Waals surface area (Å²) in [6.07, 6.45) is 1.40. The van der Waals surface area contributed by atoms with E-state index in [1.165, 1.54) is 19.2 Å². The SMILES string of the molecule is CC(=O)c1c(-c2ccc(Cl)cc2)cc2ccc(C(=O)[O-])cn12.[Na+]. The summed E-state index contributed by atoms with van der Waals surface area (Å²) in [6.45, 7) is 1.45. The van der Waals surface area contributed by atoms with Gasteiger partial charge in [-0.15, -0.1) is 0 Å². The average Bonchev–Trinajstić information content (AvgIpc) is 2.86. The third-order valence-corrected chi connectivity index (χ3v) is 3.74. The van der Waals surface area contributed by atoms with Crippen LogP contribution >= 0.6 is 11.6 Å². The van der Waals surface area contributed by atoms with Gasteiger partial charge < -0.3 is 14.3 Å². The van der Waals surface area contributed by atoms with Crippen LogP contribution in [-0.2, 0) is 0 Å². The van der Waals surface area contributed by atoms with Gasteiger partial charge in [-0.25, -0.2) is 0 Å². The van der Waals surface area contributed by atoms with Crippen molar-refractivity contribution in [2.45, 2.75) is 6.92 Å². The first-order chi connectivity index (χ1) is 10.5. The summed E-state index contributed by atoms with van der Waals surface area (Å²) in [4.78, 5) is 23.1. The van der Waals surface area contributed by atoms with Gasteiger partial charge in [0.25, 0.3) is 0 Å². The molecule has 4 nitrogen and oxygen atoms in total. The number of pyridine rings is 1. The monoisotopic (exact) mass is 335 g/mol. The minimum Gasteiger partial charge on any atom is -0.545 e. The number of aromatic nitrogens is 1. The van der Waals surface area contributed by atoms with Crippen LogP contribution in [0.3, 0.4) is 0 Å². The van der Waals surface area contributed by atoms with Crippen LogP contribution in [0, 0.1) is 0 Å². The number of aromatic carboxylic acids is 1. The molecule has 0 unspecified atom stereocenters. The van der Waals surface area contributed by atoms with Crippen LogP contribution in [0.1, 0.15) is 27.8 Å². The maximum atomic E-state index is 12.1. The van der Waals surface area contributed by atoms with Crippen molar-refractivity contribution in [3.8, 4) is 11.1 Å². The van der Waals surface area contributed by atoms with Crippen molar-refractivity contribution < 1.29 is 44.3 Å². The van der Waals surface area contributed by atoms with E-state index in [1.54, 1.807) is 22.6 Å². The summed E-state index contributed by atoms with van der Waals surface area (Å²) in [5.74, 6) is -1.43. The van der Waals surface area contributed by atoms with Crippen LogP contribution in [0.25, 0.3) is 16.6 Å². The molecule has 0 atom stereocenters. The van der Waals surface area contributed by atoms with Crippen LogP contribution in [0.2, 0.25) is 5.02 Å². The number of fused-ring (bicyclic) bond motifs is 1. The molecule has 0 radical (unpaired) electrons. The minimum atomic E-state index is -1.28. The van der Waals surface area contributed by atoms with E-state index < -0.39 is 5.97 Å². The number of Topliss-reactive ketones (excluding diaryl/α,β-unsaturated/α-hetero) is 1. The second-order valence-corrected chi connectivity index (χ2v) is 5.41. The largest absolute Gasteiger partial charge is 1.00 e. The van der Waals surface area contributed by atoms with E-state index in [1.807, 2.05) is 18.2 Å². The van der Waals surface area contributed by atoms with Gasteiger partial charge in [0.1, 0.15) is 0 Å². The van der Waals surface area contributed by atoms with Gasteiger partial charge in [0.05, 0.1) is 11.7 Å². The molecule has 0 aliphatic carbocycles. The topological polar surface area (TPSA) is 61.6 Å². The minimum absolute atomic E-state index is 0. The number of rotatable bonds is 3. The Hall–Kier alpha value is -1.59. The number of carbonyl (C=O) groups excluding carboxylic acids is 2. The number of carbonyl (C=O) groups is 2. The van der Waals surface area contributed by atoms with E-state index in [2.05, 4.69) is 0 Å². The van der Waals surface area contributed by atoms with E-state index in [4.69, 9.17) is 11.6 Å². The summed E-state index contributed by atoms with van der Waals surface area (Å²) in [5.41, 5.74) is 2.77. The van der Waals surface area contributed by atoms with Crippen molar-refractivity contribution in [3.63, 3.8) is 0 Å². The summed E-state index contributed by atoms with van der Waals surface area (Å²) >= 11 is 5.89. The molecule has 3 aromatic rings. The Kier molecular flexibility index (Phi) is 5.32. The van der Waals surface area contributed by atoms with Crippen molar-refractivity contribution in [2.75, 3.05) is 0 Å². The fraction of sp³-hybridized carbons (Fsp3) is 0.0588.